The van der Waals surface area contributed by atoms with Crippen LogP contribution in [0.1, 0.15) is 37.3 Å². The van der Waals surface area contributed by atoms with Gasteiger partial charge in [0.2, 0.25) is 5.82 Å². The van der Waals surface area contributed by atoms with Gasteiger partial charge in [-0.25, -0.2) is 9.18 Å². The maximum absolute atomic E-state index is 13.7. The Kier molecular flexibility index (Phi) is 6.80. The second-order valence-corrected chi connectivity index (χ2v) is 8.36. The Morgan fingerprint density at radius 1 is 1.12 bits per heavy atom. The first kappa shape index (κ1) is 22.0. The summed E-state index contributed by atoms with van der Waals surface area (Å²) in [5.41, 5.74) is 1.76. The van der Waals surface area contributed by atoms with E-state index in [9.17, 15) is 9.18 Å². The van der Waals surface area contributed by atoms with Gasteiger partial charge in [-0.15, -0.1) is 0 Å². The van der Waals surface area contributed by atoms with Crippen LogP contribution in [-0.4, -0.2) is 41.3 Å². The maximum atomic E-state index is 13.7. The van der Waals surface area contributed by atoms with Crippen LogP contribution < -0.4 is 10.1 Å². The zero-order valence-electron chi connectivity index (χ0n) is 18.2. The number of rotatable bonds is 6. The molecule has 1 aliphatic carbocycles. The molecule has 0 bridgehead atoms. The minimum atomic E-state index is -0.606. The number of nitrogens with one attached hydrogen (secondary N) is 1. The number of amides is 1. The van der Waals surface area contributed by atoms with Crippen molar-refractivity contribution < 1.29 is 18.4 Å². The largest absolute Gasteiger partial charge is 0.426 e. The van der Waals surface area contributed by atoms with Crippen LogP contribution in [0.15, 0.2) is 59.1 Å². The first-order valence-corrected chi connectivity index (χ1v) is 10.8. The Bertz CT molecular complexity index is 1030. The standard InChI is InChI=1S/C24H27FN4O3/c1-29(2)21(18-9-6-10-19(25)15-18)16-11-13-20(14-12-16)26-23(30)31-24-27-22(28-32-24)17-7-4-3-5-8-17/h3-10,15-16,20-21H,11-14H2,1-2H3,(H,26,30). The Hall–Kier alpha value is -3.26. The van der Waals surface area contributed by atoms with E-state index >= 15 is 0 Å². The fourth-order valence-electron chi connectivity index (χ4n) is 4.49. The lowest BCUT2D eigenvalue weighted by atomic mass is 9.78. The van der Waals surface area contributed by atoms with E-state index < -0.39 is 6.09 Å². The number of halogens is 1. The second-order valence-electron chi connectivity index (χ2n) is 8.36. The number of nitrogens with zero attached hydrogens (tertiary/aromatic N) is 3. The smallest absolute Gasteiger partial charge is 0.359 e. The van der Waals surface area contributed by atoms with E-state index in [-0.39, 0.29) is 24.0 Å². The van der Waals surface area contributed by atoms with Crippen LogP contribution in [0.2, 0.25) is 0 Å². The van der Waals surface area contributed by atoms with E-state index in [2.05, 4.69) is 20.4 Å². The molecule has 8 heteroatoms. The molecule has 1 aromatic heterocycles. The average Bonchev–Trinajstić information content (AvgIpc) is 3.24. The molecule has 0 saturated heterocycles. The van der Waals surface area contributed by atoms with Gasteiger partial charge in [-0.2, -0.15) is 4.98 Å². The van der Waals surface area contributed by atoms with Crippen molar-refractivity contribution in [1.82, 2.24) is 20.4 Å². The monoisotopic (exact) mass is 438 g/mol. The first-order chi connectivity index (χ1) is 15.5. The molecule has 4 rings (SSSR count). The maximum Gasteiger partial charge on any atom is 0.426 e. The van der Waals surface area contributed by atoms with Gasteiger partial charge in [-0.05, 0) is 63.4 Å². The predicted molar refractivity (Wildman–Crippen MR) is 117 cm³/mol. The molecule has 32 heavy (non-hydrogen) atoms. The molecule has 168 valence electrons. The molecule has 1 aliphatic rings. The molecule has 1 fully saturated rings. The van der Waals surface area contributed by atoms with Gasteiger partial charge in [-0.1, -0.05) is 47.6 Å². The third-order valence-corrected chi connectivity index (χ3v) is 5.91. The average molecular weight is 439 g/mol. The molecule has 0 radical (unpaired) electrons. The van der Waals surface area contributed by atoms with E-state index in [1.54, 1.807) is 12.1 Å². The van der Waals surface area contributed by atoms with Crippen LogP contribution in [0.3, 0.4) is 0 Å². The molecule has 1 saturated carbocycles. The second kappa shape index (κ2) is 9.91. The summed E-state index contributed by atoms with van der Waals surface area (Å²) >= 11 is 0. The summed E-state index contributed by atoms with van der Waals surface area (Å²) in [6, 6.07) is 16.3. The topological polar surface area (TPSA) is 80.5 Å². The minimum Gasteiger partial charge on any atom is -0.359 e. The Balaban J connectivity index is 1.30. The van der Waals surface area contributed by atoms with Crippen LogP contribution in [0.4, 0.5) is 9.18 Å². The van der Waals surface area contributed by atoms with Crippen LogP contribution in [0.5, 0.6) is 6.08 Å². The highest BCUT2D eigenvalue weighted by molar-refractivity contribution is 5.69. The lowest BCUT2D eigenvalue weighted by Gasteiger charge is -2.37. The Morgan fingerprint density at radius 2 is 1.88 bits per heavy atom. The molecule has 1 atom stereocenters. The lowest BCUT2D eigenvalue weighted by Crippen LogP contribution is -2.41. The normalized spacial score (nSPS) is 19.5. The molecule has 2 aromatic carbocycles. The summed E-state index contributed by atoms with van der Waals surface area (Å²) in [7, 11) is 4.04. The summed E-state index contributed by atoms with van der Waals surface area (Å²) in [4.78, 5) is 18.6. The highest BCUT2D eigenvalue weighted by Crippen LogP contribution is 2.37. The van der Waals surface area contributed by atoms with Gasteiger partial charge in [0.05, 0.1) is 0 Å². The van der Waals surface area contributed by atoms with Gasteiger partial charge in [0.1, 0.15) is 5.82 Å². The molecule has 1 amide bonds. The van der Waals surface area contributed by atoms with Gasteiger partial charge >= 0.3 is 12.2 Å². The molecular weight excluding hydrogens is 411 g/mol. The number of carbonyl (C=O) groups is 1. The zero-order valence-corrected chi connectivity index (χ0v) is 18.2. The highest BCUT2D eigenvalue weighted by atomic mass is 19.1. The van der Waals surface area contributed by atoms with E-state index in [0.717, 1.165) is 36.8 Å². The Morgan fingerprint density at radius 3 is 2.56 bits per heavy atom. The third kappa shape index (κ3) is 5.31. The van der Waals surface area contributed by atoms with E-state index in [0.29, 0.717) is 11.7 Å². The van der Waals surface area contributed by atoms with Crippen LogP contribution in [0.25, 0.3) is 11.4 Å². The number of aromatic nitrogens is 2. The van der Waals surface area contributed by atoms with E-state index in [1.807, 2.05) is 50.5 Å². The zero-order chi connectivity index (χ0) is 22.5. The number of carbonyl (C=O) groups excluding carboxylic acids is 1. The summed E-state index contributed by atoms with van der Waals surface area (Å²) in [5.74, 6) is 0.523. The first-order valence-electron chi connectivity index (χ1n) is 10.8. The van der Waals surface area contributed by atoms with Crippen molar-refractivity contribution in [3.8, 4) is 17.5 Å². The molecule has 7 nitrogen and oxygen atoms in total. The predicted octanol–water partition coefficient (Wildman–Crippen LogP) is 4.83. The van der Waals surface area contributed by atoms with Crippen molar-refractivity contribution in [3.05, 3.63) is 66.0 Å². The number of benzene rings is 2. The molecule has 3 aromatic rings. The van der Waals surface area contributed by atoms with Gasteiger partial charge in [0.25, 0.3) is 0 Å². The quantitative estimate of drug-likeness (QED) is 0.594. The fraction of sp³-hybridized carbons (Fsp3) is 0.375. The molecule has 0 aliphatic heterocycles. The minimum absolute atomic E-state index is 0.00517. The Labute approximate surface area is 186 Å². The van der Waals surface area contributed by atoms with Gasteiger partial charge < -0.3 is 15.0 Å². The van der Waals surface area contributed by atoms with Crippen molar-refractivity contribution >= 4 is 6.09 Å². The van der Waals surface area contributed by atoms with Crippen molar-refractivity contribution in [2.75, 3.05) is 14.1 Å². The number of hydrogen-bond acceptors (Lipinski definition) is 6. The van der Waals surface area contributed by atoms with Gasteiger partial charge in [-0.3, -0.25) is 4.52 Å². The van der Waals surface area contributed by atoms with Crippen molar-refractivity contribution in [2.45, 2.75) is 37.8 Å². The summed E-state index contributed by atoms with van der Waals surface area (Å²) in [5, 5.41) is 6.74. The fourth-order valence-corrected chi connectivity index (χ4v) is 4.49. The van der Waals surface area contributed by atoms with Gasteiger partial charge in [0.15, 0.2) is 0 Å². The molecule has 0 spiro atoms. The summed E-state index contributed by atoms with van der Waals surface area (Å²) in [6.45, 7) is 0. The van der Waals surface area contributed by atoms with Gasteiger partial charge in [0, 0.05) is 17.6 Å². The molecular formula is C24H27FN4O3. The highest BCUT2D eigenvalue weighted by Gasteiger charge is 2.31. The molecule has 1 heterocycles. The lowest BCUT2D eigenvalue weighted by molar-refractivity contribution is 0.145. The van der Waals surface area contributed by atoms with E-state index in [4.69, 9.17) is 9.26 Å². The van der Waals surface area contributed by atoms with Crippen LogP contribution >= 0.6 is 0 Å². The van der Waals surface area contributed by atoms with Crippen LogP contribution in [0, 0.1) is 11.7 Å². The SMILES string of the molecule is CN(C)C(c1cccc(F)c1)C1CCC(NC(=O)Oc2nc(-c3ccccc3)no2)CC1. The summed E-state index contributed by atoms with van der Waals surface area (Å²) in [6.07, 6.45) is 2.68. The van der Waals surface area contributed by atoms with E-state index in [1.165, 1.54) is 6.07 Å². The van der Waals surface area contributed by atoms with Crippen molar-refractivity contribution in [2.24, 2.45) is 5.92 Å². The molecule has 1 unspecified atom stereocenters. The number of ether oxygens (including phenoxy) is 1. The third-order valence-electron chi connectivity index (χ3n) is 5.91. The number of hydrogen-bond donors (Lipinski definition) is 1. The van der Waals surface area contributed by atoms with Crippen molar-refractivity contribution in [3.63, 3.8) is 0 Å². The van der Waals surface area contributed by atoms with Crippen LogP contribution in [-0.2, 0) is 0 Å². The molecule has 1 N–H and O–H groups in total. The van der Waals surface area contributed by atoms with Crippen molar-refractivity contribution in [1.29, 1.82) is 0 Å². The summed E-state index contributed by atoms with van der Waals surface area (Å²) < 4.78 is 23.9.